The fraction of sp³-hybridized carbons (Fsp3) is 0.308. The van der Waals surface area contributed by atoms with Crippen molar-refractivity contribution >= 4 is 65.3 Å². The minimum Gasteiger partial charge on any atom is -0.478 e. The second-order valence-electron chi connectivity index (χ2n) is 4.08. The molecule has 0 aliphatic rings. The van der Waals surface area contributed by atoms with Gasteiger partial charge in [-0.3, -0.25) is 9.59 Å². The first kappa shape index (κ1) is 19.4. The van der Waals surface area contributed by atoms with E-state index in [0.29, 0.717) is 0 Å². The van der Waals surface area contributed by atoms with Crippen molar-refractivity contribution in [1.82, 2.24) is 0 Å². The lowest BCUT2D eigenvalue weighted by atomic mass is 10.0. The predicted octanol–water partition coefficient (Wildman–Crippen LogP) is 3.33. The number of hydrogen-bond donors (Lipinski definition) is 1. The van der Waals surface area contributed by atoms with E-state index in [4.69, 9.17) is 9.47 Å². The highest BCUT2D eigenvalue weighted by Gasteiger charge is 2.30. The standard InChI is InChI=1S/C13H11Br3O6/c1-21-3-5(17)7-10(14)8(6(18)4-22-2)12(16)9(11(7)15)13(19)20/h3-4H2,1-2H3,(H,19,20). The molecule has 0 bridgehead atoms. The van der Waals surface area contributed by atoms with Crippen LogP contribution in [0.25, 0.3) is 0 Å². The molecule has 0 aliphatic heterocycles. The van der Waals surface area contributed by atoms with Crippen LogP contribution in [0.4, 0.5) is 0 Å². The Morgan fingerprint density at radius 2 is 1.14 bits per heavy atom. The van der Waals surface area contributed by atoms with Crippen LogP contribution in [0.15, 0.2) is 13.4 Å². The van der Waals surface area contributed by atoms with Crippen LogP contribution in [0.2, 0.25) is 0 Å². The number of hydrogen-bond acceptors (Lipinski definition) is 5. The van der Waals surface area contributed by atoms with Gasteiger partial charge in [-0.1, -0.05) is 0 Å². The fourth-order valence-corrected chi connectivity index (χ4v) is 4.96. The largest absolute Gasteiger partial charge is 0.478 e. The molecule has 0 spiro atoms. The van der Waals surface area contributed by atoms with E-state index < -0.39 is 17.5 Å². The first-order valence-electron chi connectivity index (χ1n) is 5.75. The molecule has 0 atom stereocenters. The molecule has 1 N–H and O–H groups in total. The van der Waals surface area contributed by atoms with Crippen molar-refractivity contribution in [3.8, 4) is 0 Å². The average molecular weight is 503 g/mol. The molecule has 0 heterocycles. The molecule has 0 aromatic heterocycles. The molecule has 0 amide bonds. The zero-order chi connectivity index (χ0) is 17.0. The van der Waals surface area contributed by atoms with Crippen LogP contribution in [0.5, 0.6) is 0 Å². The van der Waals surface area contributed by atoms with Crippen molar-refractivity contribution in [1.29, 1.82) is 0 Å². The van der Waals surface area contributed by atoms with Crippen LogP contribution in [-0.4, -0.2) is 50.1 Å². The Kier molecular flexibility index (Phi) is 7.33. The molecule has 22 heavy (non-hydrogen) atoms. The molecule has 0 unspecified atom stereocenters. The summed E-state index contributed by atoms with van der Waals surface area (Å²) in [7, 11) is 2.68. The summed E-state index contributed by atoms with van der Waals surface area (Å²) in [6.45, 7) is -0.508. The molecule has 6 nitrogen and oxygen atoms in total. The zero-order valence-electron chi connectivity index (χ0n) is 11.5. The van der Waals surface area contributed by atoms with Crippen LogP contribution in [0.1, 0.15) is 31.1 Å². The third kappa shape index (κ3) is 3.83. The summed E-state index contributed by atoms with van der Waals surface area (Å²) in [6, 6.07) is 0. The van der Waals surface area contributed by atoms with Crippen LogP contribution in [0.3, 0.4) is 0 Å². The summed E-state index contributed by atoms with van der Waals surface area (Å²) in [4.78, 5) is 35.8. The summed E-state index contributed by atoms with van der Waals surface area (Å²) >= 11 is 9.43. The second-order valence-corrected chi connectivity index (χ2v) is 6.46. The van der Waals surface area contributed by atoms with Gasteiger partial charge in [-0.25, -0.2) is 4.79 Å². The van der Waals surface area contributed by atoms with Gasteiger partial charge in [-0.2, -0.15) is 0 Å². The Hall–Kier alpha value is -0.610. The third-order valence-electron chi connectivity index (χ3n) is 2.64. The quantitative estimate of drug-likeness (QED) is 0.575. The van der Waals surface area contributed by atoms with Crippen molar-refractivity contribution in [2.75, 3.05) is 27.4 Å². The first-order valence-corrected chi connectivity index (χ1v) is 8.13. The van der Waals surface area contributed by atoms with E-state index in [1.165, 1.54) is 14.2 Å². The fourth-order valence-electron chi connectivity index (χ4n) is 1.75. The van der Waals surface area contributed by atoms with Gasteiger partial charge in [0.25, 0.3) is 0 Å². The zero-order valence-corrected chi connectivity index (χ0v) is 16.3. The van der Waals surface area contributed by atoms with Crippen LogP contribution < -0.4 is 0 Å². The van der Waals surface area contributed by atoms with Crippen LogP contribution in [0, 0.1) is 0 Å². The smallest absolute Gasteiger partial charge is 0.338 e. The van der Waals surface area contributed by atoms with Crippen molar-refractivity contribution in [2.45, 2.75) is 0 Å². The number of carboxylic acid groups (broad SMARTS) is 1. The summed E-state index contributed by atoms with van der Waals surface area (Å²) in [5, 5.41) is 9.35. The molecule has 0 radical (unpaired) electrons. The van der Waals surface area contributed by atoms with Crippen molar-refractivity contribution in [3.63, 3.8) is 0 Å². The molecule has 0 aliphatic carbocycles. The molecule has 1 rings (SSSR count). The van der Waals surface area contributed by atoms with Gasteiger partial charge >= 0.3 is 5.97 Å². The number of ether oxygens (including phenoxy) is 2. The van der Waals surface area contributed by atoms with E-state index in [2.05, 4.69) is 47.8 Å². The van der Waals surface area contributed by atoms with Crippen molar-refractivity contribution in [3.05, 3.63) is 30.1 Å². The lowest BCUT2D eigenvalue weighted by Gasteiger charge is -2.16. The third-order valence-corrected chi connectivity index (χ3v) is 5.02. The van der Waals surface area contributed by atoms with E-state index in [1.807, 2.05) is 0 Å². The Balaban J connectivity index is 3.75. The van der Waals surface area contributed by atoms with Gasteiger partial charge in [0.1, 0.15) is 13.2 Å². The van der Waals surface area contributed by atoms with E-state index in [-0.39, 0.29) is 43.3 Å². The predicted molar refractivity (Wildman–Crippen MR) is 88.9 cm³/mol. The van der Waals surface area contributed by atoms with E-state index in [0.717, 1.165) is 0 Å². The number of carbonyl (C=O) groups is 3. The number of rotatable bonds is 7. The van der Waals surface area contributed by atoms with Gasteiger partial charge in [0.2, 0.25) is 0 Å². The lowest BCUT2D eigenvalue weighted by molar-refractivity contribution is 0.0694. The number of Topliss-reactive ketones (excluding diaryl/α,β-unsaturated/α-hetero) is 2. The number of ketones is 2. The molecule has 0 fully saturated rings. The molecular formula is C13H11Br3O6. The Labute approximate surface area is 151 Å². The maximum atomic E-state index is 12.2. The average Bonchev–Trinajstić information content (AvgIpc) is 2.38. The van der Waals surface area contributed by atoms with Crippen LogP contribution >= 0.6 is 47.8 Å². The van der Waals surface area contributed by atoms with E-state index >= 15 is 0 Å². The number of benzene rings is 1. The SMILES string of the molecule is COCC(=O)c1c(Br)c(C(=O)O)c(Br)c(C(=O)COC)c1Br. The van der Waals surface area contributed by atoms with Crippen molar-refractivity contribution in [2.24, 2.45) is 0 Å². The highest BCUT2D eigenvalue weighted by atomic mass is 79.9. The maximum Gasteiger partial charge on any atom is 0.338 e. The Bertz CT molecular complexity index is 596. The van der Waals surface area contributed by atoms with Gasteiger partial charge in [-0.15, -0.1) is 0 Å². The van der Waals surface area contributed by atoms with Gasteiger partial charge < -0.3 is 14.6 Å². The molecule has 120 valence electrons. The summed E-state index contributed by atoms with van der Waals surface area (Å²) < 4.78 is 9.88. The molecule has 9 heteroatoms. The summed E-state index contributed by atoms with van der Waals surface area (Å²) in [6.07, 6.45) is 0. The minimum absolute atomic E-state index is 0.0295. The number of methoxy groups -OCH3 is 2. The van der Waals surface area contributed by atoms with E-state index in [9.17, 15) is 19.5 Å². The van der Waals surface area contributed by atoms with Crippen LogP contribution in [-0.2, 0) is 9.47 Å². The highest BCUT2D eigenvalue weighted by molar-refractivity contribution is 9.11. The minimum atomic E-state index is -1.29. The first-order chi connectivity index (χ1) is 10.3. The Morgan fingerprint density at radius 3 is 1.41 bits per heavy atom. The maximum absolute atomic E-state index is 12.2. The van der Waals surface area contributed by atoms with Gasteiger partial charge in [0.15, 0.2) is 11.6 Å². The monoisotopic (exact) mass is 500 g/mol. The molecule has 1 aromatic carbocycles. The van der Waals surface area contributed by atoms with Gasteiger partial charge in [-0.05, 0) is 47.8 Å². The molecular weight excluding hydrogens is 492 g/mol. The number of aromatic carboxylic acids is 1. The Morgan fingerprint density at radius 1 is 0.818 bits per heavy atom. The summed E-state index contributed by atoms with van der Waals surface area (Å²) in [5.74, 6) is -2.23. The number of halogens is 3. The molecule has 0 saturated heterocycles. The molecule has 1 aromatic rings. The van der Waals surface area contributed by atoms with Crippen molar-refractivity contribution < 1.29 is 29.0 Å². The van der Waals surface area contributed by atoms with Gasteiger partial charge in [0, 0.05) is 27.6 Å². The normalized spacial score (nSPS) is 10.6. The summed E-state index contributed by atoms with van der Waals surface area (Å²) in [5.41, 5.74) is -0.161. The number of carbonyl (C=O) groups excluding carboxylic acids is 2. The molecule has 0 saturated carbocycles. The van der Waals surface area contributed by atoms with Gasteiger partial charge in [0.05, 0.1) is 16.7 Å². The lowest BCUT2D eigenvalue weighted by Crippen LogP contribution is -2.18. The highest BCUT2D eigenvalue weighted by Crippen LogP contribution is 2.39. The topological polar surface area (TPSA) is 89.9 Å². The van der Waals surface area contributed by atoms with E-state index in [1.54, 1.807) is 0 Å². The number of carboxylic acids is 1. The second kappa shape index (κ2) is 8.30.